The minimum absolute atomic E-state index is 0.0532. The molecule has 2 aromatic carbocycles. The quantitative estimate of drug-likeness (QED) is 0.542. The van der Waals surface area contributed by atoms with E-state index in [9.17, 15) is 18.0 Å². The number of alkyl halides is 3. The number of nitrogens with zero attached hydrogens (tertiary/aromatic N) is 2. The zero-order valence-corrected chi connectivity index (χ0v) is 17.0. The fraction of sp³-hybridized carbons (Fsp3) is 0.286. The lowest BCUT2D eigenvalue weighted by Crippen LogP contribution is -2.29. The summed E-state index contributed by atoms with van der Waals surface area (Å²) in [6.07, 6.45) is -4.43. The molecule has 0 aliphatic rings. The molecule has 0 saturated heterocycles. The topological polar surface area (TPSA) is 72.3 Å². The van der Waals surface area contributed by atoms with E-state index < -0.39 is 17.6 Å². The summed E-state index contributed by atoms with van der Waals surface area (Å²) in [5, 5.41) is 10.2. The molecule has 0 spiro atoms. The number of halogens is 3. The molecule has 6 nitrogen and oxygen atoms in total. The van der Waals surface area contributed by atoms with Crippen LogP contribution >= 0.6 is 0 Å². The van der Waals surface area contributed by atoms with Crippen molar-refractivity contribution in [1.82, 2.24) is 5.32 Å². The SMILES string of the molecule is CNC(=O)C(=NOC)c1cc(CON=C(C)c2cccc(C(F)(F)F)c2)ccc1C. The number of aryl methyl sites for hydroxylation is 1. The summed E-state index contributed by atoms with van der Waals surface area (Å²) in [6.45, 7) is 3.44. The summed E-state index contributed by atoms with van der Waals surface area (Å²) in [6, 6.07) is 10.2. The number of hydrogen-bond donors (Lipinski definition) is 1. The second-order valence-electron chi connectivity index (χ2n) is 6.38. The van der Waals surface area contributed by atoms with Gasteiger partial charge in [-0.25, -0.2) is 0 Å². The number of rotatable bonds is 7. The van der Waals surface area contributed by atoms with E-state index in [0.717, 1.165) is 17.7 Å². The molecule has 0 fully saturated rings. The smallest absolute Gasteiger partial charge is 0.398 e. The van der Waals surface area contributed by atoms with E-state index in [2.05, 4.69) is 15.6 Å². The molecule has 0 saturated carbocycles. The molecule has 0 heterocycles. The van der Waals surface area contributed by atoms with Crippen LogP contribution in [0.4, 0.5) is 13.2 Å². The summed E-state index contributed by atoms with van der Waals surface area (Å²) < 4.78 is 38.6. The Hall–Kier alpha value is -3.36. The Morgan fingerprint density at radius 1 is 1.13 bits per heavy atom. The average molecular weight is 421 g/mol. The number of carbonyl (C=O) groups excluding carboxylic acids is 1. The van der Waals surface area contributed by atoms with Crippen LogP contribution in [0.2, 0.25) is 0 Å². The van der Waals surface area contributed by atoms with E-state index in [1.165, 1.54) is 26.3 Å². The van der Waals surface area contributed by atoms with Gasteiger partial charge in [0.15, 0.2) is 5.71 Å². The molecule has 9 heteroatoms. The molecule has 2 rings (SSSR count). The third-order valence-corrected chi connectivity index (χ3v) is 4.22. The summed E-state index contributed by atoms with van der Waals surface area (Å²) in [4.78, 5) is 22.2. The first-order valence-electron chi connectivity index (χ1n) is 8.94. The van der Waals surface area contributed by atoms with E-state index in [1.807, 2.05) is 6.92 Å². The third-order valence-electron chi connectivity index (χ3n) is 4.22. The maximum atomic E-state index is 12.9. The fourth-order valence-electron chi connectivity index (χ4n) is 2.61. The second-order valence-corrected chi connectivity index (χ2v) is 6.38. The molecule has 0 bridgehead atoms. The highest BCUT2D eigenvalue weighted by molar-refractivity contribution is 6.45. The number of amides is 1. The first kappa shape index (κ1) is 22.9. The summed E-state index contributed by atoms with van der Waals surface area (Å²) in [5.41, 5.74) is 2.05. The van der Waals surface area contributed by atoms with Crippen LogP contribution in [0.3, 0.4) is 0 Å². The van der Waals surface area contributed by atoms with Crippen LogP contribution in [0.15, 0.2) is 52.8 Å². The normalized spacial score (nSPS) is 12.5. The number of likely N-dealkylation sites (N-methyl/N-ethyl adjacent to an activating group) is 1. The van der Waals surface area contributed by atoms with E-state index in [4.69, 9.17) is 9.68 Å². The lowest BCUT2D eigenvalue weighted by Gasteiger charge is -2.10. The van der Waals surface area contributed by atoms with Gasteiger partial charge in [0.2, 0.25) is 0 Å². The highest BCUT2D eigenvalue weighted by atomic mass is 19.4. The number of oxime groups is 2. The summed E-state index contributed by atoms with van der Waals surface area (Å²) in [5.74, 6) is -0.406. The van der Waals surface area contributed by atoms with Crippen molar-refractivity contribution >= 4 is 17.3 Å². The molecule has 0 radical (unpaired) electrons. The molecule has 160 valence electrons. The minimum atomic E-state index is -4.43. The zero-order valence-electron chi connectivity index (χ0n) is 17.0. The maximum Gasteiger partial charge on any atom is 0.416 e. The molecule has 0 aromatic heterocycles. The van der Waals surface area contributed by atoms with Crippen molar-refractivity contribution in [3.8, 4) is 0 Å². The standard InChI is InChI=1S/C21H22F3N3O3/c1-13-8-9-15(10-18(13)19(27-29-4)20(28)25-3)12-30-26-14(2)16-6-5-7-17(11-16)21(22,23)24/h5-11H,12H2,1-4H3,(H,25,28). The third kappa shape index (κ3) is 5.82. The van der Waals surface area contributed by atoms with Crippen LogP contribution in [0.5, 0.6) is 0 Å². The van der Waals surface area contributed by atoms with E-state index in [0.29, 0.717) is 22.4 Å². The highest BCUT2D eigenvalue weighted by Gasteiger charge is 2.30. The lowest BCUT2D eigenvalue weighted by molar-refractivity contribution is -0.137. The predicted octanol–water partition coefficient (Wildman–Crippen LogP) is 4.05. The minimum Gasteiger partial charge on any atom is -0.398 e. The van der Waals surface area contributed by atoms with Crippen molar-refractivity contribution in [2.45, 2.75) is 26.6 Å². The van der Waals surface area contributed by atoms with Gasteiger partial charge in [0.05, 0.1) is 11.3 Å². The highest BCUT2D eigenvalue weighted by Crippen LogP contribution is 2.29. The first-order chi connectivity index (χ1) is 14.2. The Morgan fingerprint density at radius 3 is 2.50 bits per heavy atom. The van der Waals surface area contributed by atoms with Crippen molar-refractivity contribution in [1.29, 1.82) is 0 Å². The Morgan fingerprint density at radius 2 is 1.87 bits per heavy atom. The Kier molecular flexibility index (Phi) is 7.57. The van der Waals surface area contributed by atoms with Crippen LogP contribution in [0.1, 0.15) is 34.7 Å². The van der Waals surface area contributed by atoms with Crippen molar-refractivity contribution in [2.75, 3.05) is 14.2 Å². The zero-order chi connectivity index (χ0) is 22.3. The molecular weight excluding hydrogens is 399 g/mol. The van der Waals surface area contributed by atoms with Gasteiger partial charge in [-0.05, 0) is 48.7 Å². The molecule has 0 unspecified atom stereocenters. The summed E-state index contributed by atoms with van der Waals surface area (Å²) in [7, 11) is 2.83. The molecule has 30 heavy (non-hydrogen) atoms. The number of benzene rings is 2. The van der Waals surface area contributed by atoms with Crippen LogP contribution in [-0.2, 0) is 27.3 Å². The van der Waals surface area contributed by atoms with Gasteiger partial charge >= 0.3 is 6.18 Å². The Labute approximate surface area is 172 Å². The largest absolute Gasteiger partial charge is 0.416 e. The van der Waals surface area contributed by atoms with Crippen LogP contribution < -0.4 is 5.32 Å². The van der Waals surface area contributed by atoms with Crippen LogP contribution in [0.25, 0.3) is 0 Å². The fourth-order valence-corrected chi connectivity index (χ4v) is 2.61. The van der Waals surface area contributed by atoms with Crippen LogP contribution in [-0.4, -0.2) is 31.5 Å². The second kappa shape index (κ2) is 9.91. The molecule has 1 N–H and O–H groups in total. The van der Waals surface area contributed by atoms with E-state index in [1.54, 1.807) is 25.1 Å². The van der Waals surface area contributed by atoms with Gasteiger partial charge in [0.25, 0.3) is 5.91 Å². The summed E-state index contributed by atoms with van der Waals surface area (Å²) >= 11 is 0. The maximum absolute atomic E-state index is 12.9. The average Bonchev–Trinajstić information content (AvgIpc) is 2.72. The molecule has 0 aliphatic heterocycles. The van der Waals surface area contributed by atoms with Crippen molar-refractivity contribution < 1.29 is 27.6 Å². The molecule has 1 amide bonds. The Bertz CT molecular complexity index is 969. The van der Waals surface area contributed by atoms with Gasteiger partial charge in [0, 0.05) is 12.6 Å². The number of nitrogens with one attached hydrogen (secondary N) is 1. The lowest BCUT2D eigenvalue weighted by atomic mass is 10.0. The predicted molar refractivity (Wildman–Crippen MR) is 107 cm³/mol. The Balaban J connectivity index is 2.18. The van der Waals surface area contributed by atoms with Gasteiger partial charge in [0.1, 0.15) is 13.7 Å². The van der Waals surface area contributed by atoms with E-state index in [-0.39, 0.29) is 12.3 Å². The van der Waals surface area contributed by atoms with Crippen molar-refractivity contribution in [3.63, 3.8) is 0 Å². The van der Waals surface area contributed by atoms with E-state index >= 15 is 0 Å². The molecule has 0 aliphatic carbocycles. The van der Waals surface area contributed by atoms with Gasteiger partial charge in [-0.2, -0.15) is 13.2 Å². The van der Waals surface area contributed by atoms with Gasteiger partial charge in [-0.1, -0.05) is 34.6 Å². The monoisotopic (exact) mass is 421 g/mol. The number of carbonyl (C=O) groups is 1. The van der Waals surface area contributed by atoms with Gasteiger partial charge in [-0.15, -0.1) is 0 Å². The van der Waals surface area contributed by atoms with Gasteiger partial charge < -0.3 is 15.0 Å². The van der Waals surface area contributed by atoms with Gasteiger partial charge in [-0.3, -0.25) is 4.79 Å². The first-order valence-corrected chi connectivity index (χ1v) is 8.94. The molecular formula is C21H22F3N3O3. The van der Waals surface area contributed by atoms with Crippen molar-refractivity contribution in [2.24, 2.45) is 10.3 Å². The molecule has 2 aromatic rings. The molecule has 0 atom stereocenters. The van der Waals surface area contributed by atoms with Crippen LogP contribution in [0, 0.1) is 6.92 Å². The number of hydrogen-bond acceptors (Lipinski definition) is 5. The van der Waals surface area contributed by atoms with Crippen molar-refractivity contribution in [3.05, 3.63) is 70.3 Å².